The van der Waals surface area contributed by atoms with Crippen molar-refractivity contribution in [3.8, 4) is 5.75 Å². The van der Waals surface area contributed by atoms with Crippen molar-refractivity contribution in [1.82, 2.24) is 9.78 Å². The Bertz CT molecular complexity index is 1460. The SMILES string of the molecule is CC(C)(C)OC(=O)n1nc(N(Cc2ccc(F)cc2)c2ccc(F)c(OCc3ccccc3)c2)cc1C(F)(F)F. The van der Waals surface area contributed by atoms with Crippen LogP contribution in [0.1, 0.15) is 37.6 Å². The smallest absolute Gasteiger partial charge is 0.435 e. The van der Waals surface area contributed by atoms with Crippen LogP contribution in [0.25, 0.3) is 0 Å². The van der Waals surface area contributed by atoms with E-state index in [-0.39, 0.29) is 35.1 Å². The Morgan fingerprint density at radius 1 is 0.900 bits per heavy atom. The van der Waals surface area contributed by atoms with Crippen molar-refractivity contribution in [2.24, 2.45) is 0 Å². The molecule has 0 aliphatic rings. The predicted octanol–water partition coefficient (Wildman–Crippen LogP) is 7.88. The van der Waals surface area contributed by atoms with Crippen LogP contribution in [0.15, 0.2) is 78.9 Å². The number of ether oxygens (including phenoxy) is 2. The van der Waals surface area contributed by atoms with E-state index in [9.17, 15) is 26.7 Å². The molecule has 4 rings (SSSR count). The van der Waals surface area contributed by atoms with Gasteiger partial charge in [-0.1, -0.05) is 42.5 Å². The lowest BCUT2D eigenvalue weighted by Crippen LogP contribution is -2.30. The summed E-state index contributed by atoms with van der Waals surface area (Å²) < 4.78 is 81.1. The van der Waals surface area contributed by atoms with E-state index in [4.69, 9.17) is 9.47 Å². The van der Waals surface area contributed by atoms with Gasteiger partial charge in [-0.15, -0.1) is 5.10 Å². The summed E-state index contributed by atoms with van der Waals surface area (Å²) in [4.78, 5) is 14.0. The third kappa shape index (κ3) is 7.16. The third-order valence-electron chi connectivity index (χ3n) is 5.55. The summed E-state index contributed by atoms with van der Waals surface area (Å²) in [6, 6.07) is 18.8. The Hall–Kier alpha value is -4.41. The second-order valence-electron chi connectivity index (χ2n) is 9.88. The molecule has 40 heavy (non-hydrogen) atoms. The number of benzene rings is 3. The molecule has 0 amide bonds. The van der Waals surface area contributed by atoms with E-state index in [1.807, 2.05) is 6.07 Å². The summed E-state index contributed by atoms with van der Waals surface area (Å²) in [7, 11) is 0. The van der Waals surface area contributed by atoms with Crippen LogP contribution in [0.4, 0.5) is 38.3 Å². The van der Waals surface area contributed by atoms with Crippen molar-refractivity contribution in [3.63, 3.8) is 0 Å². The van der Waals surface area contributed by atoms with Crippen LogP contribution in [-0.4, -0.2) is 21.5 Å². The first-order valence-electron chi connectivity index (χ1n) is 12.2. The maximum absolute atomic E-state index is 14.7. The van der Waals surface area contributed by atoms with Gasteiger partial charge in [0.1, 0.15) is 18.0 Å². The molecule has 210 valence electrons. The van der Waals surface area contributed by atoms with Crippen LogP contribution in [0.3, 0.4) is 0 Å². The molecule has 4 aromatic rings. The average Bonchev–Trinajstić information content (AvgIpc) is 3.34. The highest BCUT2D eigenvalue weighted by atomic mass is 19.4. The first kappa shape index (κ1) is 28.6. The summed E-state index contributed by atoms with van der Waals surface area (Å²) in [6.07, 6.45) is -6.27. The molecule has 0 fully saturated rings. The van der Waals surface area contributed by atoms with Gasteiger partial charge in [-0.25, -0.2) is 13.6 Å². The monoisotopic (exact) mass is 559 g/mol. The molecular formula is C29H26F5N3O3. The molecule has 1 aromatic heterocycles. The molecule has 0 spiro atoms. The van der Waals surface area contributed by atoms with Crippen LogP contribution in [0.5, 0.6) is 5.75 Å². The molecular weight excluding hydrogens is 533 g/mol. The zero-order chi connectivity index (χ0) is 29.1. The molecule has 0 saturated carbocycles. The van der Waals surface area contributed by atoms with Crippen LogP contribution in [0.2, 0.25) is 0 Å². The summed E-state index contributed by atoms with van der Waals surface area (Å²) >= 11 is 0. The normalized spacial score (nSPS) is 11.8. The molecule has 0 unspecified atom stereocenters. The van der Waals surface area contributed by atoms with Gasteiger partial charge in [-0.2, -0.15) is 17.9 Å². The van der Waals surface area contributed by atoms with Crippen molar-refractivity contribution in [2.45, 2.75) is 45.7 Å². The fraction of sp³-hybridized carbons (Fsp3) is 0.241. The Morgan fingerprint density at radius 2 is 1.57 bits per heavy atom. The fourth-order valence-corrected chi connectivity index (χ4v) is 3.73. The molecule has 6 nitrogen and oxygen atoms in total. The van der Waals surface area contributed by atoms with Crippen molar-refractivity contribution in [2.75, 3.05) is 4.90 Å². The summed E-state index contributed by atoms with van der Waals surface area (Å²) in [5.74, 6) is -1.60. The second kappa shape index (κ2) is 11.4. The number of halogens is 5. The Labute approximate surface area is 227 Å². The number of rotatable bonds is 7. The quantitative estimate of drug-likeness (QED) is 0.216. The van der Waals surface area contributed by atoms with Crippen LogP contribution in [-0.2, 0) is 24.1 Å². The number of carbonyl (C=O) groups excluding carboxylic acids is 1. The van der Waals surface area contributed by atoms with E-state index >= 15 is 0 Å². The lowest BCUT2D eigenvalue weighted by Gasteiger charge is -2.23. The first-order valence-corrected chi connectivity index (χ1v) is 12.2. The zero-order valence-electron chi connectivity index (χ0n) is 21.9. The Kier molecular flexibility index (Phi) is 8.13. The maximum Gasteiger partial charge on any atom is 0.435 e. The highest BCUT2D eigenvalue weighted by molar-refractivity contribution is 5.73. The molecule has 0 bridgehead atoms. The molecule has 0 aliphatic heterocycles. The molecule has 0 atom stereocenters. The van der Waals surface area contributed by atoms with Crippen molar-refractivity contribution in [3.05, 3.63) is 107 Å². The number of nitrogens with zero attached hydrogens (tertiary/aromatic N) is 3. The van der Waals surface area contributed by atoms with Crippen molar-refractivity contribution < 1.29 is 36.2 Å². The molecule has 11 heteroatoms. The number of carbonyl (C=O) groups is 1. The Balaban J connectivity index is 1.77. The minimum absolute atomic E-state index is 0.0463. The first-order chi connectivity index (χ1) is 18.8. The summed E-state index contributed by atoms with van der Waals surface area (Å²) in [5, 5.41) is 3.94. The van der Waals surface area contributed by atoms with Gasteiger partial charge in [0.25, 0.3) is 0 Å². The maximum atomic E-state index is 14.7. The molecule has 1 heterocycles. The second-order valence-corrected chi connectivity index (χ2v) is 9.88. The molecule has 3 aromatic carbocycles. The van der Waals surface area contributed by atoms with Crippen molar-refractivity contribution >= 4 is 17.6 Å². The molecule has 0 aliphatic carbocycles. The zero-order valence-corrected chi connectivity index (χ0v) is 21.9. The van der Waals surface area contributed by atoms with Gasteiger partial charge in [-0.3, -0.25) is 0 Å². The highest BCUT2D eigenvalue weighted by Gasteiger charge is 2.39. The van der Waals surface area contributed by atoms with E-state index in [1.54, 1.807) is 24.3 Å². The van der Waals surface area contributed by atoms with Crippen LogP contribution in [0, 0.1) is 11.6 Å². The van der Waals surface area contributed by atoms with E-state index in [1.165, 1.54) is 62.1 Å². The number of aromatic nitrogens is 2. The third-order valence-corrected chi connectivity index (χ3v) is 5.55. The number of anilines is 2. The number of hydrogen-bond donors (Lipinski definition) is 0. The summed E-state index contributed by atoms with van der Waals surface area (Å²) in [6.45, 7) is 4.49. The molecule has 0 saturated heterocycles. The highest BCUT2D eigenvalue weighted by Crippen LogP contribution is 2.36. The topological polar surface area (TPSA) is 56.6 Å². The largest absolute Gasteiger partial charge is 0.486 e. The average molecular weight is 560 g/mol. The van der Waals surface area contributed by atoms with Gasteiger partial charge < -0.3 is 14.4 Å². The van der Waals surface area contributed by atoms with Gasteiger partial charge in [0.05, 0.1) is 0 Å². The minimum atomic E-state index is -4.95. The van der Waals surface area contributed by atoms with Gasteiger partial charge in [-0.05, 0) is 56.2 Å². The number of hydrogen-bond acceptors (Lipinski definition) is 5. The number of alkyl halides is 3. The van der Waals surface area contributed by atoms with Gasteiger partial charge >= 0.3 is 12.3 Å². The Morgan fingerprint density at radius 3 is 2.20 bits per heavy atom. The van der Waals surface area contributed by atoms with E-state index in [2.05, 4.69) is 5.10 Å². The predicted molar refractivity (Wildman–Crippen MR) is 138 cm³/mol. The minimum Gasteiger partial charge on any atom is -0.486 e. The van der Waals surface area contributed by atoms with E-state index in [0.29, 0.717) is 11.6 Å². The van der Waals surface area contributed by atoms with Gasteiger partial charge in [0.2, 0.25) is 0 Å². The molecule has 0 radical (unpaired) electrons. The lowest BCUT2D eigenvalue weighted by atomic mass is 10.2. The standard InChI is InChI=1S/C29H26F5N3O3/c1-28(2,3)40-27(38)37-25(29(32,33)34)16-26(35-37)36(17-19-9-11-21(30)12-10-19)22-13-14-23(31)24(15-22)39-18-20-7-5-4-6-8-20/h4-16H,17-18H2,1-3H3. The van der Waals surface area contributed by atoms with Crippen molar-refractivity contribution in [1.29, 1.82) is 0 Å². The van der Waals surface area contributed by atoms with E-state index in [0.717, 1.165) is 11.6 Å². The van der Waals surface area contributed by atoms with Crippen LogP contribution < -0.4 is 9.64 Å². The fourth-order valence-electron chi connectivity index (χ4n) is 3.73. The molecule has 0 N–H and O–H groups in total. The van der Waals surface area contributed by atoms with Gasteiger partial charge in [0, 0.05) is 24.4 Å². The van der Waals surface area contributed by atoms with Crippen LogP contribution >= 0.6 is 0 Å². The van der Waals surface area contributed by atoms with Gasteiger partial charge in [0.15, 0.2) is 23.1 Å². The summed E-state index contributed by atoms with van der Waals surface area (Å²) in [5.41, 5.74) is -0.930. The van der Waals surface area contributed by atoms with E-state index < -0.39 is 35.2 Å². The lowest BCUT2D eigenvalue weighted by molar-refractivity contribution is -0.143.